The fourth-order valence-electron chi connectivity index (χ4n) is 8.50. The van der Waals surface area contributed by atoms with Gasteiger partial charge < -0.3 is 24.8 Å². The van der Waals surface area contributed by atoms with E-state index in [2.05, 4.69) is 21.0 Å². The van der Waals surface area contributed by atoms with Gasteiger partial charge in [-0.15, -0.1) is 10.2 Å². The Kier molecular flexibility index (Phi) is 19.9. The molecule has 0 spiro atoms. The summed E-state index contributed by atoms with van der Waals surface area (Å²) < 4.78 is 119. The fourth-order valence-corrected chi connectivity index (χ4v) is 8.50. The summed E-state index contributed by atoms with van der Waals surface area (Å²) in [6.07, 6.45) is -8.01. The standard InChI is InChI=1S/C20H19F3N2O3.C20H17F3N2O2.C15H13F3N2O.C5H8O3/c21-20(22,23)15-7-5-13(6-8-15)11-14-3-1-2-4-16(14)17(27)24-25-18(28)19(12-26)9-10-19;21-20(22,23)15-7-5-13(6-8-15)11-14-3-1-2-4-16(14)17-24-25-18(27-17)19(12-26)9-10-19;16-15(17,18)12-7-5-10(6-8-12)9-11-3-1-2-4-13(11)14(21)20-19;6-3-5(1-2-5)4(7)8/h1-8,26H,9-12H2,(H,24,27)(H,25,28);1-8,26H,9-12H2;1-8H,9,19H2,(H,20,21);6H,1-3H2,(H,7,8). The van der Waals surface area contributed by atoms with Crippen molar-refractivity contribution in [2.45, 2.75) is 81.7 Å². The van der Waals surface area contributed by atoms with Gasteiger partial charge in [0, 0.05) is 16.7 Å². The van der Waals surface area contributed by atoms with Gasteiger partial charge in [-0.2, -0.15) is 39.5 Å². The molecule has 84 heavy (non-hydrogen) atoms. The molecule has 0 unspecified atom stereocenters. The minimum absolute atomic E-state index is 0.0260. The molecule has 0 bridgehead atoms. The topological polar surface area (TPSA) is 250 Å². The third-order valence-electron chi connectivity index (χ3n) is 14.5. The lowest BCUT2D eigenvalue weighted by Crippen LogP contribution is -2.46. The quantitative estimate of drug-likeness (QED) is 0.0207. The highest BCUT2D eigenvalue weighted by molar-refractivity contribution is 5.97. The number of nitrogens with zero attached hydrogens (tertiary/aromatic N) is 2. The summed E-state index contributed by atoms with van der Waals surface area (Å²) >= 11 is 0. The first-order chi connectivity index (χ1) is 39.8. The van der Waals surface area contributed by atoms with Gasteiger partial charge in [-0.25, -0.2) is 5.84 Å². The van der Waals surface area contributed by atoms with Gasteiger partial charge in [0.2, 0.25) is 17.7 Å². The summed E-state index contributed by atoms with van der Waals surface area (Å²) in [4.78, 5) is 46.2. The van der Waals surface area contributed by atoms with Crippen LogP contribution in [0.25, 0.3) is 11.5 Å². The lowest BCUT2D eigenvalue weighted by atomic mass is 9.98. The zero-order chi connectivity index (χ0) is 61.1. The lowest BCUT2D eigenvalue weighted by Gasteiger charge is -2.14. The molecule has 24 heteroatoms. The van der Waals surface area contributed by atoms with E-state index in [-0.39, 0.29) is 26.2 Å². The predicted octanol–water partition coefficient (Wildman–Crippen LogP) is 9.94. The molecule has 3 amide bonds. The van der Waals surface area contributed by atoms with Crippen molar-refractivity contribution in [1.29, 1.82) is 0 Å². The number of aliphatic carboxylic acids is 1. The lowest BCUT2D eigenvalue weighted by molar-refractivity contribution is -0.145. The van der Waals surface area contributed by atoms with Gasteiger partial charge in [0.25, 0.3) is 11.8 Å². The molecule has 3 aliphatic rings. The molecule has 9 N–H and O–H groups in total. The SMILES string of the molecule is NNC(=O)c1ccccc1Cc1ccc(C(F)(F)F)cc1.O=C(NNC(=O)C1(CO)CC1)c1ccccc1Cc1ccc(C(F)(F)F)cc1.O=C(O)C1(CO)CC1.OCC1(c2nnc(-c3ccccc3Cc3ccc(C(F)(F)F)cc3)o2)CC1. The number of nitrogen functional groups attached to an aromatic ring is 1. The van der Waals surface area contributed by atoms with Gasteiger partial charge in [-0.3, -0.25) is 35.5 Å². The van der Waals surface area contributed by atoms with Crippen LogP contribution < -0.4 is 22.1 Å². The number of carbonyl (C=O) groups excluding carboxylic acids is 3. The Labute approximate surface area is 474 Å². The van der Waals surface area contributed by atoms with Crippen LogP contribution in [0.3, 0.4) is 0 Å². The monoisotopic (exact) mass is 1180 g/mol. The number of nitrogens with one attached hydrogen (secondary N) is 3. The molecule has 7 aromatic rings. The van der Waals surface area contributed by atoms with Crippen LogP contribution in [0.1, 0.15) is 115 Å². The van der Waals surface area contributed by atoms with Crippen molar-refractivity contribution >= 4 is 23.7 Å². The van der Waals surface area contributed by atoms with E-state index in [0.29, 0.717) is 83.7 Å². The molecule has 3 aliphatic carbocycles. The molecule has 0 aliphatic heterocycles. The number of halogens is 9. The number of aromatic nitrogens is 2. The summed E-state index contributed by atoms with van der Waals surface area (Å²) in [7, 11) is 0. The molecule has 6 aromatic carbocycles. The van der Waals surface area contributed by atoms with Crippen LogP contribution in [0.2, 0.25) is 0 Å². The van der Waals surface area contributed by atoms with E-state index < -0.39 is 75.2 Å². The number of rotatable bonds is 15. The summed E-state index contributed by atoms with van der Waals surface area (Å²) in [6.45, 7) is -0.511. The Morgan fingerprint density at radius 3 is 1.24 bits per heavy atom. The maximum atomic E-state index is 12.7. The molecule has 444 valence electrons. The van der Waals surface area contributed by atoms with Gasteiger partial charge in [0.15, 0.2) is 0 Å². The highest BCUT2D eigenvalue weighted by Crippen LogP contribution is 2.48. The van der Waals surface area contributed by atoms with Crippen molar-refractivity contribution < 1.29 is 83.5 Å². The zero-order valence-corrected chi connectivity index (χ0v) is 44.5. The number of carbonyl (C=O) groups is 4. The number of benzene rings is 6. The summed E-state index contributed by atoms with van der Waals surface area (Å²) in [6, 6.07) is 35.6. The molecule has 1 aromatic heterocycles. The fraction of sp³-hybridized carbons (Fsp3) is 0.300. The average Bonchev–Trinajstić information content (AvgIpc) is 3.41. The molecular formula is C60H57F9N6O9. The minimum Gasteiger partial charge on any atom is -0.481 e. The first-order valence-electron chi connectivity index (χ1n) is 26.0. The third-order valence-corrected chi connectivity index (χ3v) is 14.5. The number of nitrogens with two attached hydrogens (primary N) is 1. The Morgan fingerprint density at radius 1 is 0.488 bits per heavy atom. The molecule has 0 saturated heterocycles. The molecular weight excluding hydrogens is 1120 g/mol. The van der Waals surface area contributed by atoms with E-state index in [9.17, 15) is 68.9 Å². The molecule has 0 atom stereocenters. The molecule has 1 heterocycles. The second-order valence-electron chi connectivity index (χ2n) is 20.5. The van der Waals surface area contributed by atoms with Crippen molar-refractivity contribution in [2.75, 3.05) is 19.8 Å². The first-order valence-corrected chi connectivity index (χ1v) is 26.0. The highest BCUT2D eigenvalue weighted by atomic mass is 19.4. The van der Waals surface area contributed by atoms with Crippen LogP contribution in [-0.2, 0) is 52.8 Å². The minimum atomic E-state index is -4.40. The third kappa shape index (κ3) is 16.2. The smallest absolute Gasteiger partial charge is 0.416 e. The number of carboxylic acids is 1. The number of hydrazine groups is 2. The van der Waals surface area contributed by atoms with Crippen LogP contribution in [0.15, 0.2) is 150 Å². The van der Waals surface area contributed by atoms with Crippen molar-refractivity contribution in [3.05, 3.63) is 213 Å². The van der Waals surface area contributed by atoms with E-state index in [4.69, 9.17) is 20.5 Å². The Hall–Kier alpha value is -8.45. The number of carboxylic acid groups (broad SMARTS) is 1. The van der Waals surface area contributed by atoms with E-state index in [0.717, 1.165) is 65.9 Å². The van der Waals surface area contributed by atoms with E-state index >= 15 is 0 Å². The molecule has 3 saturated carbocycles. The Morgan fingerprint density at radius 2 is 0.881 bits per heavy atom. The van der Waals surface area contributed by atoms with Crippen molar-refractivity contribution in [3.63, 3.8) is 0 Å². The van der Waals surface area contributed by atoms with Gasteiger partial charge in [-0.05, 0) is 146 Å². The molecule has 3 fully saturated rings. The number of alkyl halides is 9. The van der Waals surface area contributed by atoms with E-state index in [1.54, 1.807) is 48.5 Å². The predicted molar refractivity (Wildman–Crippen MR) is 286 cm³/mol. The summed E-state index contributed by atoms with van der Waals surface area (Å²) in [5.41, 5.74) is 8.34. The van der Waals surface area contributed by atoms with Gasteiger partial charge >= 0.3 is 24.5 Å². The summed E-state index contributed by atoms with van der Waals surface area (Å²) in [5, 5.41) is 43.7. The van der Waals surface area contributed by atoms with Gasteiger partial charge in [0.1, 0.15) is 0 Å². The maximum Gasteiger partial charge on any atom is 0.416 e. The largest absolute Gasteiger partial charge is 0.481 e. The van der Waals surface area contributed by atoms with Crippen molar-refractivity contribution in [2.24, 2.45) is 16.7 Å². The van der Waals surface area contributed by atoms with Crippen molar-refractivity contribution in [3.8, 4) is 11.5 Å². The number of aliphatic hydroxyl groups is 3. The van der Waals surface area contributed by atoms with E-state index in [1.807, 2.05) is 29.7 Å². The summed E-state index contributed by atoms with van der Waals surface area (Å²) in [5.74, 6) is 3.63. The maximum absolute atomic E-state index is 12.7. The van der Waals surface area contributed by atoms with Gasteiger partial charge in [0.05, 0.1) is 52.8 Å². The zero-order valence-electron chi connectivity index (χ0n) is 44.5. The second-order valence-corrected chi connectivity index (χ2v) is 20.5. The first kappa shape index (κ1) is 63.1. The molecule has 15 nitrogen and oxygen atoms in total. The number of amides is 3. The van der Waals surface area contributed by atoms with Gasteiger partial charge in [-0.1, -0.05) is 91.0 Å². The average molecular weight is 1180 g/mol. The molecule has 0 radical (unpaired) electrons. The van der Waals surface area contributed by atoms with Crippen LogP contribution in [0, 0.1) is 10.8 Å². The Balaban J connectivity index is 0.000000171. The number of hydrogen-bond acceptors (Lipinski definition) is 11. The Bertz CT molecular complexity index is 3390. The van der Waals surface area contributed by atoms with Crippen LogP contribution in [0.5, 0.6) is 0 Å². The normalized spacial score (nSPS) is 15.0. The van der Waals surface area contributed by atoms with Crippen LogP contribution in [-0.4, -0.2) is 74.1 Å². The van der Waals surface area contributed by atoms with Crippen LogP contribution >= 0.6 is 0 Å². The molecule has 10 rings (SSSR count). The number of aliphatic hydroxyl groups excluding tert-OH is 3. The second kappa shape index (κ2) is 26.4. The van der Waals surface area contributed by atoms with E-state index in [1.165, 1.54) is 36.4 Å². The van der Waals surface area contributed by atoms with Crippen molar-refractivity contribution in [1.82, 2.24) is 26.5 Å². The highest BCUT2D eigenvalue weighted by Gasteiger charge is 2.51. The van der Waals surface area contributed by atoms with Crippen LogP contribution in [0.4, 0.5) is 39.5 Å². The number of hydrogen-bond donors (Lipinski definition) is 8.